The highest BCUT2D eigenvalue weighted by Gasteiger charge is 2.15. The van der Waals surface area contributed by atoms with Crippen LogP contribution in [-0.2, 0) is 4.79 Å². The summed E-state index contributed by atoms with van der Waals surface area (Å²) in [4.78, 5) is 28.6. The summed E-state index contributed by atoms with van der Waals surface area (Å²) in [7, 11) is 3.06. The van der Waals surface area contributed by atoms with E-state index in [1.165, 1.54) is 32.5 Å². The van der Waals surface area contributed by atoms with E-state index in [-0.39, 0.29) is 24.4 Å². The quantitative estimate of drug-likeness (QED) is 0.766. The first kappa shape index (κ1) is 14.5. The number of rotatable bonds is 6. The smallest absolute Gasteiger partial charge is 0.258 e. The summed E-state index contributed by atoms with van der Waals surface area (Å²) in [5.74, 6) is 0.896. The molecule has 0 unspecified atom stereocenters. The molecule has 106 valence electrons. The van der Waals surface area contributed by atoms with Crippen LogP contribution in [-0.4, -0.2) is 30.8 Å². The third-order valence-electron chi connectivity index (χ3n) is 2.83. The van der Waals surface area contributed by atoms with E-state index >= 15 is 0 Å². The van der Waals surface area contributed by atoms with Crippen LogP contribution in [0.25, 0.3) is 10.2 Å². The summed E-state index contributed by atoms with van der Waals surface area (Å²) < 4.78 is 10.3. The van der Waals surface area contributed by atoms with Gasteiger partial charge >= 0.3 is 0 Å². The number of aromatic nitrogens is 1. The van der Waals surface area contributed by atoms with Crippen LogP contribution in [0, 0.1) is 0 Å². The van der Waals surface area contributed by atoms with E-state index in [0.29, 0.717) is 21.3 Å². The molecule has 0 aliphatic rings. The van der Waals surface area contributed by atoms with Crippen LogP contribution in [0.15, 0.2) is 12.1 Å². The van der Waals surface area contributed by atoms with Gasteiger partial charge in [-0.15, -0.1) is 11.3 Å². The van der Waals surface area contributed by atoms with E-state index < -0.39 is 0 Å². The lowest BCUT2D eigenvalue weighted by Gasteiger charge is -2.05. The van der Waals surface area contributed by atoms with Crippen molar-refractivity contribution in [3.8, 4) is 11.6 Å². The van der Waals surface area contributed by atoms with Crippen molar-refractivity contribution in [1.82, 2.24) is 4.98 Å². The normalized spacial score (nSPS) is 10.6. The van der Waals surface area contributed by atoms with Crippen molar-refractivity contribution in [2.24, 2.45) is 0 Å². The van der Waals surface area contributed by atoms with Gasteiger partial charge in [-0.2, -0.15) is 4.98 Å². The van der Waals surface area contributed by atoms with Gasteiger partial charge in [0, 0.05) is 18.2 Å². The van der Waals surface area contributed by atoms with Crippen molar-refractivity contribution in [2.75, 3.05) is 14.2 Å². The molecule has 0 radical (unpaired) electrons. The minimum absolute atomic E-state index is 0.0147. The van der Waals surface area contributed by atoms with Crippen molar-refractivity contribution in [3.05, 3.63) is 17.0 Å². The molecule has 0 aliphatic heterocycles. The number of hydrogen-bond donors (Lipinski definition) is 0. The van der Waals surface area contributed by atoms with Gasteiger partial charge in [-0.25, -0.2) is 0 Å². The number of hydrogen-bond acceptors (Lipinski definition) is 6. The summed E-state index contributed by atoms with van der Waals surface area (Å²) in [6.07, 6.45) is 0.504. The lowest BCUT2D eigenvalue weighted by Crippen LogP contribution is -1.99. The topological polar surface area (TPSA) is 65.5 Å². The number of ketones is 2. The van der Waals surface area contributed by atoms with Crippen molar-refractivity contribution in [2.45, 2.75) is 19.8 Å². The van der Waals surface area contributed by atoms with E-state index in [2.05, 4.69) is 4.98 Å². The van der Waals surface area contributed by atoms with Gasteiger partial charge in [0.2, 0.25) is 0 Å². The first-order chi connectivity index (χ1) is 9.55. The minimum Gasteiger partial charge on any atom is -0.491 e. The first-order valence-corrected chi connectivity index (χ1v) is 6.92. The molecule has 2 aromatic rings. The van der Waals surface area contributed by atoms with Gasteiger partial charge < -0.3 is 14.3 Å². The van der Waals surface area contributed by atoms with Crippen LogP contribution in [0.1, 0.15) is 29.4 Å². The molecule has 2 rings (SSSR count). The molecule has 20 heavy (non-hydrogen) atoms. The highest BCUT2D eigenvalue weighted by Crippen LogP contribution is 2.33. The zero-order chi connectivity index (χ0) is 14.7. The number of nitrogens with zero attached hydrogens (tertiary/aromatic N) is 1. The molecular formula is C14H15NO4S. The Labute approximate surface area is 120 Å². The number of Topliss-reactive ketones (excluding diaryl/α,β-unsaturated/α-hetero) is 2. The van der Waals surface area contributed by atoms with Crippen LogP contribution in [0.3, 0.4) is 0 Å². The fourth-order valence-corrected chi connectivity index (χ4v) is 2.75. The van der Waals surface area contributed by atoms with Gasteiger partial charge in [-0.05, 0) is 19.1 Å². The molecule has 0 saturated heterocycles. The zero-order valence-corrected chi connectivity index (χ0v) is 12.4. The summed E-state index contributed by atoms with van der Waals surface area (Å²) in [5.41, 5.74) is 0. The van der Waals surface area contributed by atoms with Crippen molar-refractivity contribution < 1.29 is 19.1 Å². The van der Waals surface area contributed by atoms with Gasteiger partial charge in [0.25, 0.3) is 5.88 Å². The van der Waals surface area contributed by atoms with E-state index in [0.717, 1.165) is 5.39 Å². The van der Waals surface area contributed by atoms with E-state index in [4.69, 9.17) is 9.47 Å². The molecule has 2 heterocycles. The Morgan fingerprint density at radius 2 is 1.95 bits per heavy atom. The van der Waals surface area contributed by atoms with Gasteiger partial charge in [-0.1, -0.05) is 0 Å². The zero-order valence-electron chi connectivity index (χ0n) is 11.6. The third kappa shape index (κ3) is 2.96. The monoisotopic (exact) mass is 293 g/mol. The van der Waals surface area contributed by atoms with Gasteiger partial charge in [-0.3, -0.25) is 4.79 Å². The van der Waals surface area contributed by atoms with E-state index in [9.17, 15) is 9.59 Å². The highest BCUT2D eigenvalue weighted by molar-refractivity contribution is 7.20. The SMILES string of the molecule is COc1cc2cc(C(=O)CCC(C)=O)sc2nc1OC. The fraction of sp³-hybridized carbons (Fsp3) is 0.357. The standard InChI is InChI=1S/C14H15NO4S/c1-8(16)4-5-10(17)12-7-9-6-11(18-2)13(19-3)15-14(9)20-12/h6-7H,4-5H2,1-3H3. The van der Waals surface area contributed by atoms with Gasteiger partial charge in [0.05, 0.1) is 19.1 Å². The largest absolute Gasteiger partial charge is 0.491 e. The second-order valence-corrected chi connectivity index (χ2v) is 5.36. The lowest BCUT2D eigenvalue weighted by molar-refractivity contribution is -0.116. The Balaban J connectivity index is 2.33. The van der Waals surface area contributed by atoms with Crippen LogP contribution in [0.2, 0.25) is 0 Å². The molecule has 0 aromatic carbocycles. The molecule has 2 aromatic heterocycles. The molecule has 0 amide bonds. The Kier molecular flexibility index (Phi) is 4.34. The predicted octanol–water partition coefficient (Wildman–Crippen LogP) is 2.87. The number of ether oxygens (including phenoxy) is 2. The molecule has 0 aliphatic carbocycles. The van der Waals surface area contributed by atoms with Crippen molar-refractivity contribution >= 4 is 33.1 Å². The predicted molar refractivity (Wildman–Crippen MR) is 77.0 cm³/mol. The second-order valence-electron chi connectivity index (χ2n) is 4.33. The van der Waals surface area contributed by atoms with E-state index in [1.54, 1.807) is 12.1 Å². The second kappa shape index (κ2) is 6.00. The summed E-state index contributed by atoms with van der Waals surface area (Å²) >= 11 is 1.30. The highest BCUT2D eigenvalue weighted by atomic mass is 32.1. The molecule has 0 bridgehead atoms. The number of fused-ring (bicyclic) bond motifs is 1. The number of carbonyl (C=O) groups excluding carboxylic acids is 2. The molecule has 0 atom stereocenters. The van der Waals surface area contributed by atoms with Crippen LogP contribution in [0.5, 0.6) is 11.6 Å². The molecule has 0 fully saturated rings. The lowest BCUT2D eigenvalue weighted by atomic mass is 10.1. The summed E-state index contributed by atoms with van der Waals surface area (Å²) in [5, 5.41) is 0.832. The Bertz CT molecular complexity index is 621. The summed E-state index contributed by atoms with van der Waals surface area (Å²) in [6, 6.07) is 3.57. The molecular weight excluding hydrogens is 278 g/mol. The maximum Gasteiger partial charge on any atom is 0.258 e. The number of thiophene rings is 1. The van der Waals surface area contributed by atoms with Crippen molar-refractivity contribution in [3.63, 3.8) is 0 Å². The maximum atomic E-state index is 12.0. The van der Waals surface area contributed by atoms with Crippen LogP contribution in [0.4, 0.5) is 0 Å². The minimum atomic E-state index is -0.0406. The number of pyridine rings is 1. The first-order valence-electron chi connectivity index (χ1n) is 6.10. The average Bonchev–Trinajstić information content (AvgIpc) is 2.85. The molecule has 6 heteroatoms. The molecule has 0 saturated carbocycles. The molecule has 0 spiro atoms. The van der Waals surface area contributed by atoms with Crippen LogP contribution >= 0.6 is 11.3 Å². The Morgan fingerprint density at radius 3 is 2.55 bits per heavy atom. The fourth-order valence-electron chi connectivity index (χ4n) is 1.78. The third-order valence-corrected chi connectivity index (χ3v) is 3.92. The average molecular weight is 293 g/mol. The van der Waals surface area contributed by atoms with Crippen LogP contribution < -0.4 is 9.47 Å². The van der Waals surface area contributed by atoms with E-state index in [1.807, 2.05) is 0 Å². The number of carbonyl (C=O) groups is 2. The van der Waals surface area contributed by atoms with Crippen molar-refractivity contribution in [1.29, 1.82) is 0 Å². The van der Waals surface area contributed by atoms with Gasteiger partial charge in [0.1, 0.15) is 10.6 Å². The number of methoxy groups -OCH3 is 2. The molecule has 0 N–H and O–H groups in total. The molecule has 5 nitrogen and oxygen atoms in total. The maximum absolute atomic E-state index is 12.0. The van der Waals surface area contributed by atoms with Gasteiger partial charge in [0.15, 0.2) is 11.5 Å². The Morgan fingerprint density at radius 1 is 1.20 bits per heavy atom. The summed E-state index contributed by atoms with van der Waals surface area (Å²) in [6.45, 7) is 1.48. The Hall–Kier alpha value is -1.95.